The van der Waals surface area contributed by atoms with E-state index < -0.39 is 5.60 Å². The molecule has 2 rings (SSSR count). The second-order valence-corrected chi connectivity index (χ2v) is 4.52. The first-order valence-corrected chi connectivity index (χ1v) is 5.75. The number of nitrogens with zero attached hydrogens (tertiary/aromatic N) is 1. The summed E-state index contributed by atoms with van der Waals surface area (Å²) in [4.78, 5) is 14.9. The average Bonchev–Trinajstić information content (AvgIpc) is 2.38. The van der Waals surface area contributed by atoms with E-state index in [0.717, 1.165) is 11.1 Å². The van der Waals surface area contributed by atoms with Crippen LogP contribution in [0.25, 0.3) is 0 Å². The zero-order valence-corrected chi connectivity index (χ0v) is 10.4. The van der Waals surface area contributed by atoms with Crippen molar-refractivity contribution in [2.24, 2.45) is 0 Å². The van der Waals surface area contributed by atoms with E-state index in [1.807, 2.05) is 31.2 Å². The van der Waals surface area contributed by atoms with Gasteiger partial charge in [-0.05, 0) is 25.5 Å². The Labute approximate surface area is 106 Å². The molecule has 0 fully saturated rings. The maximum Gasteiger partial charge on any atom is 0.152 e. The number of rotatable bonds is 3. The Kier molecular flexibility index (Phi) is 3.26. The number of hydrogen-bond acceptors (Lipinski definition) is 3. The van der Waals surface area contributed by atoms with Crippen LogP contribution in [0.2, 0.25) is 0 Å². The predicted molar refractivity (Wildman–Crippen MR) is 69.5 cm³/mol. The smallest absolute Gasteiger partial charge is 0.152 e. The third-order valence-corrected chi connectivity index (χ3v) is 3.08. The lowest BCUT2D eigenvalue weighted by molar-refractivity contribution is 0.0977. The molecule has 18 heavy (non-hydrogen) atoms. The van der Waals surface area contributed by atoms with Gasteiger partial charge in [-0.15, -0.1) is 0 Å². The summed E-state index contributed by atoms with van der Waals surface area (Å²) in [6, 6.07) is 9.29. The first kappa shape index (κ1) is 12.5. The van der Waals surface area contributed by atoms with Gasteiger partial charge in [0, 0.05) is 23.5 Å². The van der Waals surface area contributed by atoms with Crippen LogP contribution in [0, 0.1) is 6.92 Å². The Morgan fingerprint density at radius 2 is 2.11 bits per heavy atom. The van der Waals surface area contributed by atoms with Crippen LogP contribution in [-0.2, 0) is 5.60 Å². The Hall–Kier alpha value is -2.00. The first-order valence-electron chi connectivity index (χ1n) is 5.75. The van der Waals surface area contributed by atoms with Crippen molar-refractivity contribution in [2.45, 2.75) is 19.4 Å². The van der Waals surface area contributed by atoms with Crippen molar-refractivity contribution in [1.29, 1.82) is 0 Å². The van der Waals surface area contributed by atoms with Gasteiger partial charge in [0.2, 0.25) is 0 Å². The highest BCUT2D eigenvalue weighted by atomic mass is 16.3. The molecule has 92 valence electrons. The van der Waals surface area contributed by atoms with Crippen molar-refractivity contribution in [3.63, 3.8) is 0 Å². The molecule has 0 amide bonds. The average molecular weight is 241 g/mol. The highest BCUT2D eigenvalue weighted by molar-refractivity contribution is 5.77. The molecule has 1 aromatic heterocycles. The molecular formula is C15H15NO2. The standard InChI is InChI=1S/C15H15NO2/c1-11-4-3-5-13(8-11)15(2,18)14-6-7-16-9-12(14)10-17/h3-10,18H,1-2H3. The van der Waals surface area contributed by atoms with Gasteiger partial charge in [0.25, 0.3) is 0 Å². The third kappa shape index (κ3) is 2.17. The van der Waals surface area contributed by atoms with Crippen LogP contribution in [-0.4, -0.2) is 16.4 Å². The molecule has 3 nitrogen and oxygen atoms in total. The fourth-order valence-corrected chi connectivity index (χ4v) is 2.05. The number of carbonyl (C=O) groups excluding carboxylic acids is 1. The largest absolute Gasteiger partial charge is 0.381 e. The number of carbonyl (C=O) groups is 1. The van der Waals surface area contributed by atoms with E-state index in [4.69, 9.17) is 0 Å². The molecule has 0 bridgehead atoms. The summed E-state index contributed by atoms with van der Waals surface area (Å²) in [6.45, 7) is 3.65. The van der Waals surface area contributed by atoms with Gasteiger partial charge in [0.15, 0.2) is 6.29 Å². The molecule has 1 aromatic carbocycles. The van der Waals surface area contributed by atoms with Crippen LogP contribution < -0.4 is 0 Å². The second-order valence-electron chi connectivity index (χ2n) is 4.52. The highest BCUT2D eigenvalue weighted by Crippen LogP contribution is 2.30. The summed E-state index contributed by atoms with van der Waals surface area (Å²) in [5.74, 6) is 0. The topological polar surface area (TPSA) is 50.2 Å². The lowest BCUT2D eigenvalue weighted by Crippen LogP contribution is -2.24. The van der Waals surface area contributed by atoms with Gasteiger partial charge in [-0.3, -0.25) is 9.78 Å². The monoisotopic (exact) mass is 241 g/mol. The van der Waals surface area contributed by atoms with E-state index in [0.29, 0.717) is 17.4 Å². The fourth-order valence-electron chi connectivity index (χ4n) is 2.05. The van der Waals surface area contributed by atoms with Gasteiger partial charge in [0.05, 0.1) is 0 Å². The summed E-state index contributed by atoms with van der Waals surface area (Å²) in [5.41, 5.74) is 1.60. The number of hydrogen-bond donors (Lipinski definition) is 1. The highest BCUT2D eigenvalue weighted by Gasteiger charge is 2.28. The molecular weight excluding hydrogens is 226 g/mol. The molecule has 2 aromatic rings. The summed E-state index contributed by atoms with van der Waals surface area (Å²) >= 11 is 0. The van der Waals surface area contributed by atoms with Gasteiger partial charge in [0.1, 0.15) is 5.60 Å². The number of aldehydes is 1. The summed E-state index contributed by atoms with van der Waals surface area (Å²) in [6.07, 6.45) is 3.76. The second kappa shape index (κ2) is 4.70. The van der Waals surface area contributed by atoms with Gasteiger partial charge in [-0.1, -0.05) is 29.8 Å². The van der Waals surface area contributed by atoms with Crippen molar-refractivity contribution >= 4 is 6.29 Å². The summed E-state index contributed by atoms with van der Waals surface area (Å²) < 4.78 is 0. The van der Waals surface area contributed by atoms with Crippen molar-refractivity contribution in [2.75, 3.05) is 0 Å². The number of aromatic nitrogens is 1. The van der Waals surface area contributed by atoms with E-state index in [1.165, 1.54) is 6.20 Å². The minimum absolute atomic E-state index is 0.406. The number of aliphatic hydroxyl groups is 1. The van der Waals surface area contributed by atoms with Gasteiger partial charge in [-0.25, -0.2) is 0 Å². The van der Waals surface area contributed by atoms with Crippen LogP contribution in [0.15, 0.2) is 42.7 Å². The number of pyridine rings is 1. The lowest BCUT2D eigenvalue weighted by Gasteiger charge is -2.26. The molecule has 0 aliphatic heterocycles. The van der Waals surface area contributed by atoms with Gasteiger partial charge < -0.3 is 5.11 Å². The van der Waals surface area contributed by atoms with Crippen LogP contribution in [0.4, 0.5) is 0 Å². The van der Waals surface area contributed by atoms with E-state index in [1.54, 1.807) is 19.2 Å². The predicted octanol–water partition coefficient (Wildman–Crippen LogP) is 2.46. The Balaban J connectivity index is 2.57. The molecule has 0 spiro atoms. The Morgan fingerprint density at radius 1 is 1.33 bits per heavy atom. The van der Waals surface area contributed by atoms with Crippen molar-refractivity contribution in [1.82, 2.24) is 4.98 Å². The molecule has 0 aliphatic rings. The van der Waals surface area contributed by atoms with Crippen LogP contribution in [0.1, 0.15) is 34.0 Å². The molecule has 0 saturated carbocycles. The van der Waals surface area contributed by atoms with Gasteiger partial charge in [-0.2, -0.15) is 0 Å². The maximum absolute atomic E-state index is 11.0. The van der Waals surface area contributed by atoms with E-state index >= 15 is 0 Å². The fraction of sp³-hybridized carbons (Fsp3) is 0.200. The van der Waals surface area contributed by atoms with Crippen molar-refractivity contribution < 1.29 is 9.90 Å². The normalized spacial score (nSPS) is 13.9. The minimum atomic E-state index is -1.20. The Bertz CT molecular complexity index is 576. The van der Waals surface area contributed by atoms with Crippen LogP contribution in [0.3, 0.4) is 0 Å². The number of benzene rings is 1. The van der Waals surface area contributed by atoms with Gasteiger partial charge >= 0.3 is 0 Å². The zero-order chi connectivity index (χ0) is 13.2. The molecule has 1 unspecified atom stereocenters. The van der Waals surface area contributed by atoms with Crippen LogP contribution in [0.5, 0.6) is 0 Å². The SMILES string of the molecule is Cc1cccc(C(C)(O)c2ccncc2C=O)c1. The first-order chi connectivity index (χ1) is 8.55. The quantitative estimate of drug-likeness (QED) is 0.840. The van der Waals surface area contributed by atoms with Crippen LogP contribution >= 0.6 is 0 Å². The lowest BCUT2D eigenvalue weighted by atomic mass is 9.86. The van der Waals surface area contributed by atoms with Crippen molar-refractivity contribution in [3.05, 3.63) is 65.0 Å². The van der Waals surface area contributed by atoms with Crippen molar-refractivity contribution in [3.8, 4) is 0 Å². The minimum Gasteiger partial charge on any atom is -0.381 e. The molecule has 1 heterocycles. The van der Waals surface area contributed by atoms with E-state index in [2.05, 4.69) is 4.98 Å². The molecule has 0 saturated heterocycles. The molecule has 0 aliphatic carbocycles. The number of aryl methyl sites for hydroxylation is 1. The zero-order valence-electron chi connectivity index (χ0n) is 10.4. The Morgan fingerprint density at radius 3 is 2.78 bits per heavy atom. The third-order valence-electron chi connectivity index (χ3n) is 3.08. The molecule has 3 heteroatoms. The summed E-state index contributed by atoms with van der Waals surface area (Å²) in [7, 11) is 0. The van der Waals surface area contributed by atoms with E-state index in [-0.39, 0.29) is 0 Å². The molecule has 1 atom stereocenters. The molecule has 0 radical (unpaired) electrons. The van der Waals surface area contributed by atoms with E-state index in [9.17, 15) is 9.90 Å². The maximum atomic E-state index is 11.0. The molecule has 1 N–H and O–H groups in total. The summed E-state index contributed by atoms with van der Waals surface area (Å²) in [5, 5.41) is 10.7.